The number of rotatable bonds is 4. The molecular weight excluding hydrogens is 268 g/mol. The highest BCUT2D eigenvalue weighted by molar-refractivity contribution is 5.95. The smallest absolute Gasteiger partial charge is 0.251 e. The van der Waals surface area contributed by atoms with E-state index in [-0.39, 0.29) is 11.9 Å². The molecule has 1 fully saturated rings. The van der Waals surface area contributed by atoms with E-state index in [1.807, 2.05) is 6.92 Å². The fourth-order valence-electron chi connectivity index (χ4n) is 2.71. The van der Waals surface area contributed by atoms with Gasteiger partial charge in [0.25, 0.3) is 5.91 Å². The number of anilines is 1. The summed E-state index contributed by atoms with van der Waals surface area (Å²) in [5, 5.41) is 13.0. The predicted octanol–water partition coefficient (Wildman–Crippen LogP) is 2.09. The quantitative estimate of drug-likeness (QED) is 0.586. The maximum Gasteiger partial charge on any atom is 0.251 e. The fraction of sp³-hybridized carbons (Fsp3) is 0.562. The first-order chi connectivity index (χ1) is 10.1. The SMILES string of the molecule is CCOc1cc(N)cc(C(=O)NC2CCCCCC2O)c1. The highest BCUT2D eigenvalue weighted by Gasteiger charge is 2.23. The van der Waals surface area contributed by atoms with Crippen molar-refractivity contribution in [2.24, 2.45) is 0 Å². The third kappa shape index (κ3) is 4.36. The molecule has 21 heavy (non-hydrogen) atoms. The molecule has 0 saturated heterocycles. The van der Waals surface area contributed by atoms with Gasteiger partial charge in [-0.1, -0.05) is 19.3 Å². The second-order valence-electron chi connectivity index (χ2n) is 5.51. The molecule has 1 aromatic carbocycles. The van der Waals surface area contributed by atoms with Crippen molar-refractivity contribution >= 4 is 11.6 Å². The molecular formula is C16H24N2O3. The minimum absolute atomic E-state index is 0.183. The standard InChI is InChI=1S/C16H24N2O3/c1-2-21-13-9-11(8-12(17)10-13)16(20)18-14-6-4-3-5-7-15(14)19/h8-10,14-15,19H,2-7,17H2,1H3,(H,18,20). The third-order valence-corrected chi connectivity index (χ3v) is 3.80. The van der Waals surface area contributed by atoms with Gasteiger partial charge in [-0.15, -0.1) is 0 Å². The fourth-order valence-corrected chi connectivity index (χ4v) is 2.71. The van der Waals surface area contributed by atoms with E-state index in [1.165, 1.54) is 0 Å². The molecule has 0 aromatic heterocycles. The summed E-state index contributed by atoms with van der Waals surface area (Å²) in [4.78, 5) is 12.3. The van der Waals surface area contributed by atoms with Crippen LogP contribution in [0.25, 0.3) is 0 Å². The van der Waals surface area contributed by atoms with E-state index in [4.69, 9.17) is 10.5 Å². The van der Waals surface area contributed by atoms with Crippen molar-refractivity contribution in [2.45, 2.75) is 51.2 Å². The number of nitrogen functional groups attached to an aromatic ring is 1. The van der Waals surface area contributed by atoms with Gasteiger partial charge in [-0.2, -0.15) is 0 Å². The number of carbonyl (C=O) groups excluding carboxylic acids is 1. The molecule has 0 aliphatic heterocycles. The minimum atomic E-state index is -0.469. The summed E-state index contributed by atoms with van der Waals surface area (Å²) < 4.78 is 5.40. The number of hydrogen-bond donors (Lipinski definition) is 3. The van der Waals surface area contributed by atoms with E-state index in [2.05, 4.69) is 5.32 Å². The summed E-state index contributed by atoms with van der Waals surface area (Å²) in [6, 6.07) is 4.82. The molecule has 1 amide bonds. The van der Waals surface area contributed by atoms with Crippen LogP contribution in [0, 0.1) is 0 Å². The number of aliphatic hydroxyl groups excluding tert-OH is 1. The third-order valence-electron chi connectivity index (χ3n) is 3.80. The molecule has 2 unspecified atom stereocenters. The van der Waals surface area contributed by atoms with Crippen LogP contribution in [0.2, 0.25) is 0 Å². The summed E-state index contributed by atoms with van der Waals surface area (Å²) in [7, 11) is 0. The monoisotopic (exact) mass is 292 g/mol. The van der Waals surface area contributed by atoms with Crippen LogP contribution in [0.1, 0.15) is 49.4 Å². The largest absolute Gasteiger partial charge is 0.494 e. The molecule has 0 bridgehead atoms. The van der Waals surface area contributed by atoms with Gasteiger partial charge in [-0.05, 0) is 31.9 Å². The average Bonchev–Trinajstić information content (AvgIpc) is 2.64. The van der Waals surface area contributed by atoms with Crippen molar-refractivity contribution in [2.75, 3.05) is 12.3 Å². The van der Waals surface area contributed by atoms with E-state index in [0.29, 0.717) is 23.6 Å². The molecule has 4 N–H and O–H groups in total. The van der Waals surface area contributed by atoms with Crippen LogP contribution in [0.15, 0.2) is 18.2 Å². The molecule has 2 rings (SSSR count). The van der Waals surface area contributed by atoms with E-state index in [1.54, 1.807) is 18.2 Å². The minimum Gasteiger partial charge on any atom is -0.494 e. The summed E-state index contributed by atoms with van der Waals surface area (Å²) in [6.45, 7) is 2.40. The number of ether oxygens (including phenoxy) is 1. The van der Waals surface area contributed by atoms with Crippen molar-refractivity contribution in [3.05, 3.63) is 23.8 Å². The number of nitrogens with two attached hydrogens (primary N) is 1. The lowest BCUT2D eigenvalue weighted by Crippen LogP contribution is -2.42. The zero-order valence-corrected chi connectivity index (χ0v) is 12.5. The lowest BCUT2D eigenvalue weighted by molar-refractivity contribution is 0.0818. The van der Waals surface area contributed by atoms with Crippen LogP contribution in [-0.2, 0) is 0 Å². The van der Waals surface area contributed by atoms with Crippen LogP contribution < -0.4 is 15.8 Å². The van der Waals surface area contributed by atoms with Crippen LogP contribution in [0.3, 0.4) is 0 Å². The lowest BCUT2D eigenvalue weighted by atomic mass is 10.1. The number of aliphatic hydroxyl groups is 1. The first kappa shape index (κ1) is 15.6. The van der Waals surface area contributed by atoms with Crippen molar-refractivity contribution in [1.29, 1.82) is 0 Å². The summed E-state index contributed by atoms with van der Waals surface area (Å²) in [6.07, 6.45) is 4.24. The number of nitrogens with one attached hydrogen (secondary N) is 1. The summed E-state index contributed by atoms with van der Waals surface area (Å²) in [5.74, 6) is 0.373. The van der Waals surface area contributed by atoms with E-state index in [9.17, 15) is 9.90 Å². The summed E-state index contributed by atoms with van der Waals surface area (Å²) in [5.41, 5.74) is 6.76. The zero-order valence-electron chi connectivity index (χ0n) is 12.5. The molecule has 1 saturated carbocycles. The number of benzene rings is 1. The van der Waals surface area contributed by atoms with Gasteiger partial charge in [0, 0.05) is 17.3 Å². The highest BCUT2D eigenvalue weighted by atomic mass is 16.5. The molecule has 0 radical (unpaired) electrons. The van der Waals surface area contributed by atoms with Gasteiger partial charge < -0.3 is 20.9 Å². The Hall–Kier alpha value is -1.75. The van der Waals surface area contributed by atoms with Gasteiger partial charge in [0.2, 0.25) is 0 Å². The summed E-state index contributed by atoms with van der Waals surface area (Å²) >= 11 is 0. The highest BCUT2D eigenvalue weighted by Crippen LogP contribution is 2.21. The molecule has 1 aromatic rings. The van der Waals surface area contributed by atoms with Crippen LogP contribution in [0.4, 0.5) is 5.69 Å². The second-order valence-corrected chi connectivity index (χ2v) is 5.51. The Morgan fingerprint density at radius 2 is 2.10 bits per heavy atom. The second kappa shape index (κ2) is 7.31. The van der Waals surface area contributed by atoms with Gasteiger partial charge in [-0.25, -0.2) is 0 Å². The molecule has 0 spiro atoms. The molecule has 2 atom stereocenters. The van der Waals surface area contributed by atoms with E-state index >= 15 is 0 Å². The molecule has 5 heteroatoms. The van der Waals surface area contributed by atoms with Gasteiger partial charge in [-0.3, -0.25) is 4.79 Å². The van der Waals surface area contributed by atoms with Crippen molar-refractivity contribution < 1.29 is 14.6 Å². The van der Waals surface area contributed by atoms with Crippen LogP contribution in [-0.4, -0.2) is 29.8 Å². The Bertz CT molecular complexity index is 490. The van der Waals surface area contributed by atoms with Gasteiger partial charge in [0.05, 0.1) is 18.8 Å². The Morgan fingerprint density at radius 1 is 1.33 bits per heavy atom. The maximum atomic E-state index is 12.3. The van der Waals surface area contributed by atoms with Crippen molar-refractivity contribution in [3.63, 3.8) is 0 Å². The van der Waals surface area contributed by atoms with Gasteiger partial charge >= 0.3 is 0 Å². The van der Waals surface area contributed by atoms with Gasteiger partial charge in [0.1, 0.15) is 5.75 Å². The number of hydrogen-bond acceptors (Lipinski definition) is 4. The molecule has 116 valence electrons. The Kier molecular flexibility index (Phi) is 5.44. The molecule has 1 aliphatic carbocycles. The van der Waals surface area contributed by atoms with Crippen LogP contribution >= 0.6 is 0 Å². The van der Waals surface area contributed by atoms with Crippen LogP contribution in [0.5, 0.6) is 5.75 Å². The molecule has 5 nitrogen and oxygen atoms in total. The Balaban J connectivity index is 2.08. The molecule has 1 aliphatic rings. The van der Waals surface area contributed by atoms with Crippen molar-refractivity contribution in [1.82, 2.24) is 5.32 Å². The van der Waals surface area contributed by atoms with E-state index < -0.39 is 6.10 Å². The lowest BCUT2D eigenvalue weighted by Gasteiger charge is -2.22. The van der Waals surface area contributed by atoms with Gasteiger partial charge in [0.15, 0.2) is 0 Å². The number of carbonyl (C=O) groups is 1. The molecule has 0 heterocycles. The first-order valence-electron chi connectivity index (χ1n) is 7.62. The topological polar surface area (TPSA) is 84.6 Å². The predicted molar refractivity (Wildman–Crippen MR) is 82.4 cm³/mol. The first-order valence-corrected chi connectivity index (χ1v) is 7.62. The Morgan fingerprint density at radius 3 is 2.86 bits per heavy atom. The Labute approximate surface area is 125 Å². The zero-order chi connectivity index (χ0) is 15.2. The number of amides is 1. The maximum absolute atomic E-state index is 12.3. The van der Waals surface area contributed by atoms with Crippen molar-refractivity contribution in [3.8, 4) is 5.75 Å². The average molecular weight is 292 g/mol. The van der Waals surface area contributed by atoms with E-state index in [0.717, 1.165) is 32.1 Å². The normalized spacial score (nSPS) is 22.4.